The van der Waals surface area contributed by atoms with Crippen molar-refractivity contribution < 1.29 is 9.53 Å². The number of carbonyl (C=O) groups is 1. The molecule has 3 rings (SSSR count). The molecule has 0 N–H and O–H groups in total. The summed E-state index contributed by atoms with van der Waals surface area (Å²) in [6, 6.07) is 13.1. The van der Waals surface area contributed by atoms with E-state index >= 15 is 0 Å². The van der Waals surface area contributed by atoms with Crippen LogP contribution in [0, 0.1) is 0 Å². The van der Waals surface area contributed by atoms with Gasteiger partial charge in [-0.3, -0.25) is 0 Å². The number of carbonyl (C=O) groups excluding carboxylic acids is 1. The molecule has 0 spiro atoms. The Morgan fingerprint density at radius 3 is 2.58 bits per heavy atom. The fourth-order valence-corrected chi connectivity index (χ4v) is 4.03. The standard InChI is InChI=1S/C21H24O2S/c1-21(2,3)23-20(22)24-14-18-11-7-6-10-17-12-15-8-4-5-9-16(15)13-19(17)18/h4-9,12-13,18H,10-11,14H2,1-3H3. The van der Waals surface area contributed by atoms with E-state index in [9.17, 15) is 4.79 Å². The predicted octanol–water partition coefficient (Wildman–Crippen LogP) is 6.09. The summed E-state index contributed by atoms with van der Waals surface area (Å²) < 4.78 is 5.42. The molecule has 126 valence electrons. The highest BCUT2D eigenvalue weighted by molar-refractivity contribution is 8.13. The van der Waals surface area contributed by atoms with Gasteiger partial charge in [-0.1, -0.05) is 48.6 Å². The van der Waals surface area contributed by atoms with Crippen LogP contribution in [0.5, 0.6) is 0 Å². The molecule has 0 aliphatic heterocycles. The molecular weight excluding hydrogens is 316 g/mol. The third kappa shape index (κ3) is 4.21. The number of benzene rings is 2. The summed E-state index contributed by atoms with van der Waals surface area (Å²) in [7, 11) is 0. The topological polar surface area (TPSA) is 26.3 Å². The summed E-state index contributed by atoms with van der Waals surface area (Å²) in [5, 5.41) is 2.37. The van der Waals surface area contributed by atoms with Crippen LogP contribution in [0.2, 0.25) is 0 Å². The van der Waals surface area contributed by atoms with Crippen LogP contribution in [-0.2, 0) is 11.2 Å². The van der Waals surface area contributed by atoms with Crippen molar-refractivity contribution in [3.63, 3.8) is 0 Å². The SMILES string of the molecule is CC(C)(C)OC(=O)SCC1CC=CCc2cc3ccccc3cc21. The minimum atomic E-state index is -0.429. The minimum absolute atomic E-state index is 0.182. The first kappa shape index (κ1) is 17.1. The van der Waals surface area contributed by atoms with E-state index in [1.807, 2.05) is 20.8 Å². The Morgan fingerprint density at radius 2 is 1.88 bits per heavy atom. The molecule has 0 heterocycles. The number of hydrogen-bond acceptors (Lipinski definition) is 3. The van der Waals surface area contributed by atoms with Gasteiger partial charge in [-0.15, -0.1) is 0 Å². The second kappa shape index (κ2) is 7.02. The molecule has 2 aromatic carbocycles. The van der Waals surface area contributed by atoms with Crippen LogP contribution in [0.4, 0.5) is 4.79 Å². The summed E-state index contributed by atoms with van der Waals surface area (Å²) in [5.41, 5.74) is 2.31. The Morgan fingerprint density at radius 1 is 1.17 bits per heavy atom. The third-order valence-corrected chi connectivity index (χ3v) is 5.05. The maximum atomic E-state index is 12.0. The zero-order valence-corrected chi connectivity index (χ0v) is 15.4. The molecule has 0 saturated heterocycles. The van der Waals surface area contributed by atoms with Crippen molar-refractivity contribution in [3.8, 4) is 0 Å². The number of hydrogen-bond donors (Lipinski definition) is 0. The van der Waals surface area contributed by atoms with Crippen LogP contribution < -0.4 is 0 Å². The van der Waals surface area contributed by atoms with Gasteiger partial charge in [0.1, 0.15) is 5.60 Å². The molecule has 1 aliphatic carbocycles. The van der Waals surface area contributed by atoms with Crippen molar-refractivity contribution in [3.05, 3.63) is 59.7 Å². The van der Waals surface area contributed by atoms with E-state index in [0.29, 0.717) is 5.92 Å². The predicted molar refractivity (Wildman–Crippen MR) is 103 cm³/mol. The molecule has 0 amide bonds. The quantitative estimate of drug-likeness (QED) is 0.488. The van der Waals surface area contributed by atoms with Crippen molar-refractivity contribution in [1.82, 2.24) is 0 Å². The zero-order valence-electron chi connectivity index (χ0n) is 14.5. The van der Waals surface area contributed by atoms with Gasteiger partial charge in [0.05, 0.1) is 0 Å². The van der Waals surface area contributed by atoms with E-state index < -0.39 is 5.60 Å². The van der Waals surface area contributed by atoms with Crippen LogP contribution in [0.1, 0.15) is 44.2 Å². The molecule has 3 heteroatoms. The lowest BCUT2D eigenvalue weighted by molar-refractivity contribution is 0.0738. The first-order valence-corrected chi connectivity index (χ1v) is 9.43. The molecule has 2 aromatic rings. The van der Waals surface area contributed by atoms with Gasteiger partial charge in [-0.25, -0.2) is 4.79 Å². The first-order chi connectivity index (χ1) is 11.4. The smallest absolute Gasteiger partial charge is 0.367 e. The molecule has 1 aliphatic rings. The van der Waals surface area contributed by atoms with Gasteiger partial charge in [0.25, 0.3) is 0 Å². The van der Waals surface area contributed by atoms with Crippen LogP contribution in [-0.4, -0.2) is 16.7 Å². The number of ether oxygens (including phenoxy) is 1. The second-order valence-corrected chi connectivity index (χ2v) is 8.24. The van der Waals surface area contributed by atoms with Crippen molar-refractivity contribution in [2.45, 2.75) is 45.1 Å². The Balaban J connectivity index is 1.81. The van der Waals surface area contributed by atoms with Crippen LogP contribution in [0.15, 0.2) is 48.6 Å². The normalized spacial score (nSPS) is 17.4. The maximum Gasteiger partial charge on any atom is 0.367 e. The molecule has 0 bridgehead atoms. The molecule has 2 nitrogen and oxygen atoms in total. The van der Waals surface area contributed by atoms with Crippen LogP contribution in [0.25, 0.3) is 10.8 Å². The highest BCUT2D eigenvalue weighted by Crippen LogP contribution is 2.34. The molecular formula is C21H24O2S. The monoisotopic (exact) mass is 340 g/mol. The van der Waals surface area contributed by atoms with Gasteiger partial charge in [0, 0.05) is 5.75 Å². The van der Waals surface area contributed by atoms with Crippen molar-refractivity contribution >= 4 is 27.8 Å². The van der Waals surface area contributed by atoms with Gasteiger partial charge in [0.2, 0.25) is 0 Å². The maximum absolute atomic E-state index is 12.0. The molecule has 0 radical (unpaired) electrons. The average molecular weight is 340 g/mol. The third-order valence-electron chi connectivity index (χ3n) is 4.16. The van der Waals surface area contributed by atoms with E-state index in [-0.39, 0.29) is 5.30 Å². The fraction of sp³-hybridized carbons (Fsp3) is 0.381. The summed E-state index contributed by atoms with van der Waals surface area (Å²) in [5.74, 6) is 1.10. The summed E-state index contributed by atoms with van der Waals surface area (Å²) in [4.78, 5) is 12.0. The second-order valence-electron chi connectivity index (χ2n) is 7.28. The van der Waals surface area contributed by atoms with Gasteiger partial charge < -0.3 is 4.74 Å². The first-order valence-electron chi connectivity index (χ1n) is 8.45. The Kier molecular flexibility index (Phi) is 5.00. The highest BCUT2D eigenvalue weighted by Gasteiger charge is 2.21. The molecule has 0 aromatic heterocycles. The summed E-state index contributed by atoms with van der Waals surface area (Å²) >= 11 is 1.29. The molecule has 1 unspecified atom stereocenters. The largest absolute Gasteiger partial charge is 0.452 e. The summed E-state index contributed by atoms with van der Waals surface area (Å²) in [6.07, 6.45) is 6.42. The van der Waals surface area contributed by atoms with Crippen molar-refractivity contribution in [2.75, 3.05) is 5.75 Å². The molecule has 0 saturated carbocycles. The van der Waals surface area contributed by atoms with E-state index in [4.69, 9.17) is 4.74 Å². The lowest BCUT2D eigenvalue weighted by Gasteiger charge is -2.21. The highest BCUT2D eigenvalue weighted by atomic mass is 32.2. The number of rotatable bonds is 2. The van der Waals surface area contributed by atoms with E-state index in [1.54, 1.807) is 0 Å². The number of allylic oxidation sites excluding steroid dienone is 2. The lowest BCUT2D eigenvalue weighted by Crippen LogP contribution is -2.21. The zero-order chi connectivity index (χ0) is 17.2. The van der Waals surface area contributed by atoms with Gasteiger partial charge in [0.15, 0.2) is 0 Å². The van der Waals surface area contributed by atoms with E-state index in [1.165, 1.54) is 33.7 Å². The van der Waals surface area contributed by atoms with Gasteiger partial charge in [-0.2, -0.15) is 0 Å². The Hall–Kier alpha value is -1.74. The lowest BCUT2D eigenvalue weighted by atomic mass is 9.91. The van der Waals surface area contributed by atoms with Crippen LogP contribution >= 0.6 is 11.8 Å². The number of fused-ring (bicyclic) bond motifs is 2. The van der Waals surface area contributed by atoms with Crippen molar-refractivity contribution in [2.24, 2.45) is 0 Å². The molecule has 0 fully saturated rings. The number of thioether (sulfide) groups is 1. The average Bonchev–Trinajstić information content (AvgIpc) is 2.71. The van der Waals surface area contributed by atoms with Crippen LogP contribution in [0.3, 0.4) is 0 Å². The fourth-order valence-electron chi connectivity index (χ4n) is 3.07. The Labute approximate surface area is 148 Å². The van der Waals surface area contributed by atoms with Gasteiger partial charge in [-0.05, 0) is 73.2 Å². The van der Waals surface area contributed by atoms with E-state index in [0.717, 1.165) is 18.6 Å². The molecule has 24 heavy (non-hydrogen) atoms. The van der Waals surface area contributed by atoms with Gasteiger partial charge >= 0.3 is 5.30 Å². The van der Waals surface area contributed by atoms with Crippen molar-refractivity contribution in [1.29, 1.82) is 0 Å². The summed E-state index contributed by atoms with van der Waals surface area (Å²) in [6.45, 7) is 5.71. The van der Waals surface area contributed by atoms with E-state index in [2.05, 4.69) is 48.6 Å². The minimum Gasteiger partial charge on any atom is -0.452 e. The molecule has 1 atom stereocenters. The Bertz CT molecular complexity index is 771.